The van der Waals surface area contributed by atoms with Crippen molar-refractivity contribution in [2.75, 3.05) is 0 Å². The van der Waals surface area contributed by atoms with Gasteiger partial charge in [-0.3, -0.25) is 4.79 Å². The van der Waals surface area contributed by atoms with E-state index < -0.39 is 0 Å². The topological polar surface area (TPSA) is 17.1 Å². The summed E-state index contributed by atoms with van der Waals surface area (Å²) in [4.78, 5) is 9.75. The zero-order chi connectivity index (χ0) is 5.82. The molecule has 0 bridgehead atoms. The molecule has 1 aromatic rings. The van der Waals surface area contributed by atoms with Gasteiger partial charge in [0.25, 0.3) is 0 Å². The summed E-state index contributed by atoms with van der Waals surface area (Å²) in [5.41, 5.74) is 1.06. The van der Waals surface area contributed by atoms with Crippen LogP contribution < -0.4 is 0 Å². The maximum Gasteiger partial charge on any atom is 0.203 e. The van der Waals surface area contributed by atoms with Crippen LogP contribution >= 0.6 is 11.3 Å². The second kappa shape index (κ2) is 2.62. The van der Waals surface area contributed by atoms with E-state index in [2.05, 4.69) is 0 Å². The van der Waals surface area contributed by atoms with Crippen LogP contribution in [0.4, 0.5) is 0 Å². The van der Waals surface area contributed by atoms with Gasteiger partial charge in [-0.1, -0.05) is 0 Å². The lowest BCUT2D eigenvalue weighted by molar-refractivity contribution is 0.555. The standard InChI is InChI=1S/C6H5OS/c7-3-1-6-2-4-8-5-6/h2,4-5H,1H2. The molecule has 0 saturated heterocycles. The summed E-state index contributed by atoms with van der Waals surface area (Å²) in [6, 6.07) is 1.93. The third-order valence-electron chi connectivity index (χ3n) is 0.856. The Hall–Kier alpha value is -0.630. The molecule has 0 saturated carbocycles. The molecular formula is C6H5OS. The Bertz CT molecular complexity index is 155. The second-order valence-electron chi connectivity index (χ2n) is 1.45. The summed E-state index contributed by atoms with van der Waals surface area (Å²) >= 11 is 1.60. The van der Waals surface area contributed by atoms with Crippen LogP contribution in [0.5, 0.6) is 0 Å². The highest BCUT2D eigenvalue weighted by atomic mass is 32.1. The molecule has 0 aromatic carbocycles. The monoisotopic (exact) mass is 125 g/mol. The summed E-state index contributed by atoms with van der Waals surface area (Å²) in [5, 5.41) is 3.90. The Morgan fingerprint density at radius 3 is 3.12 bits per heavy atom. The first-order valence-electron chi connectivity index (χ1n) is 2.29. The molecule has 0 fully saturated rings. The van der Waals surface area contributed by atoms with Gasteiger partial charge in [0.05, 0.1) is 0 Å². The summed E-state index contributed by atoms with van der Waals surface area (Å²) in [6.45, 7) is 0. The van der Waals surface area contributed by atoms with Crippen LogP contribution in [0.15, 0.2) is 16.8 Å². The van der Waals surface area contributed by atoms with Crippen molar-refractivity contribution in [3.05, 3.63) is 22.4 Å². The molecule has 0 atom stereocenters. The van der Waals surface area contributed by atoms with Gasteiger partial charge in [-0.25, -0.2) is 0 Å². The van der Waals surface area contributed by atoms with E-state index in [1.165, 1.54) is 0 Å². The average molecular weight is 125 g/mol. The molecule has 1 radical (unpaired) electrons. The van der Waals surface area contributed by atoms with Crippen LogP contribution in [-0.4, -0.2) is 6.29 Å². The van der Waals surface area contributed by atoms with E-state index >= 15 is 0 Å². The maximum atomic E-state index is 9.75. The average Bonchev–Trinajstić information content (AvgIpc) is 2.19. The molecule has 0 spiro atoms. The Kier molecular flexibility index (Phi) is 1.80. The predicted octanol–water partition coefficient (Wildman–Crippen LogP) is 1.40. The number of rotatable bonds is 2. The fourth-order valence-electron chi connectivity index (χ4n) is 0.477. The van der Waals surface area contributed by atoms with Crippen LogP contribution in [0.25, 0.3) is 0 Å². The zero-order valence-corrected chi connectivity index (χ0v) is 5.07. The van der Waals surface area contributed by atoms with E-state index in [0.29, 0.717) is 6.42 Å². The van der Waals surface area contributed by atoms with Crippen LogP contribution in [0.3, 0.4) is 0 Å². The van der Waals surface area contributed by atoms with Crippen molar-refractivity contribution in [3.8, 4) is 0 Å². The Balaban J connectivity index is 2.62. The largest absolute Gasteiger partial charge is 0.291 e. The fraction of sp³-hybridized carbons (Fsp3) is 0.167. The molecule has 1 rings (SSSR count). The number of thiophene rings is 1. The molecule has 0 N–H and O–H groups in total. The quantitative estimate of drug-likeness (QED) is 0.584. The molecule has 0 aliphatic heterocycles. The molecule has 2 heteroatoms. The lowest BCUT2D eigenvalue weighted by Gasteiger charge is -1.77. The molecule has 0 amide bonds. The first kappa shape index (κ1) is 5.51. The Morgan fingerprint density at radius 2 is 2.62 bits per heavy atom. The second-order valence-corrected chi connectivity index (χ2v) is 2.23. The van der Waals surface area contributed by atoms with E-state index in [0.717, 1.165) is 5.56 Å². The third kappa shape index (κ3) is 1.17. The minimum Gasteiger partial charge on any atom is -0.291 e. The Morgan fingerprint density at radius 1 is 1.75 bits per heavy atom. The van der Waals surface area contributed by atoms with E-state index in [1.807, 2.05) is 23.1 Å². The molecular weight excluding hydrogens is 120 g/mol. The molecule has 1 aromatic heterocycles. The summed E-state index contributed by atoms with van der Waals surface area (Å²) in [6.07, 6.45) is 2.26. The van der Waals surface area contributed by atoms with Gasteiger partial charge in [0, 0.05) is 6.42 Å². The van der Waals surface area contributed by atoms with E-state index in [1.54, 1.807) is 11.3 Å². The van der Waals surface area contributed by atoms with Gasteiger partial charge in [0.1, 0.15) is 0 Å². The van der Waals surface area contributed by atoms with E-state index in [9.17, 15) is 4.79 Å². The van der Waals surface area contributed by atoms with Crippen molar-refractivity contribution >= 4 is 17.6 Å². The highest BCUT2D eigenvalue weighted by Crippen LogP contribution is 2.04. The van der Waals surface area contributed by atoms with Crippen molar-refractivity contribution < 1.29 is 4.79 Å². The van der Waals surface area contributed by atoms with Crippen molar-refractivity contribution in [2.45, 2.75) is 6.42 Å². The molecule has 0 aliphatic rings. The molecule has 1 heterocycles. The minimum atomic E-state index is 0.434. The fourth-order valence-corrected chi connectivity index (χ4v) is 1.15. The van der Waals surface area contributed by atoms with Crippen LogP contribution in [0.2, 0.25) is 0 Å². The van der Waals surface area contributed by atoms with Gasteiger partial charge in [0.2, 0.25) is 6.29 Å². The Labute approximate surface area is 52.0 Å². The van der Waals surface area contributed by atoms with Crippen molar-refractivity contribution in [3.63, 3.8) is 0 Å². The number of hydrogen-bond donors (Lipinski definition) is 0. The lowest BCUT2D eigenvalue weighted by Crippen LogP contribution is -1.77. The van der Waals surface area contributed by atoms with Crippen molar-refractivity contribution in [1.82, 2.24) is 0 Å². The molecule has 8 heavy (non-hydrogen) atoms. The van der Waals surface area contributed by atoms with E-state index in [4.69, 9.17) is 0 Å². The van der Waals surface area contributed by atoms with Crippen LogP contribution in [0.1, 0.15) is 5.56 Å². The van der Waals surface area contributed by atoms with Gasteiger partial charge < -0.3 is 0 Å². The van der Waals surface area contributed by atoms with Crippen molar-refractivity contribution in [1.29, 1.82) is 0 Å². The van der Waals surface area contributed by atoms with Crippen LogP contribution in [-0.2, 0) is 11.2 Å². The zero-order valence-electron chi connectivity index (χ0n) is 4.26. The molecule has 41 valence electrons. The molecule has 0 aliphatic carbocycles. The third-order valence-corrected chi connectivity index (χ3v) is 1.59. The first-order valence-corrected chi connectivity index (χ1v) is 3.24. The smallest absolute Gasteiger partial charge is 0.203 e. The van der Waals surface area contributed by atoms with Gasteiger partial charge in [-0.2, -0.15) is 11.3 Å². The first-order chi connectivity index (χ1) is 3.93. The highest BCUT2D eigenvalue weighted by Gasteiger charge is 1.87. The van der Waals surface area contributed by atoms with Gasteiger partial charge in [-0.05, 0) is 22.4 Å². The van der Waals surface area contributed by atoms with Gasteiger partial charge >= 0.3 is 0 Å². The maximum absolute atomic E-state index is 9.75. The lowest BCUT2D eigenvalue weighted by atomic mass is 10.3. The van der Waals surface area contributed by atoms with Gasteiger partial charge in [-0.15, -0.1) is 0 Å². The highest BCUT2D eigenvalue weighted by molar-refractivity contribution is 7.07. The predicted molar refractivity (Wildman–Crippen MR) is 33.7 cm³/mol. The van der Waals surface area contributed by atoms with Crippen molar-refractivity contribution in [2.24, 2.45) is 0 Å². The molecule has 0 unspecified atom stereocenters. The van der Waals surface area contributed by atoms with E-state index in [-0.39, 0.29) is 0 Å². The molecule has 1 nitrogen and oxygen atoms in total. The SMILES string of the molecule is O=[C]Cc1ccsc1. The van der Waals surface area contributed by atoms with Gasteiger partial charge in [0.15, 0.2) is 0 Å². The normalized spacial score (nSPS) is 9.00. The number of carbonyl (C=O) groups excluding carboxylic acids is 1. The summed E-state index contributed by atoms with van der Waals surface area (Å²) in [7, 11) is 0. The number of hydrogen-bond acceptors (Lipinski definition) is 2. The minimum absolute atomic E-state index is 0.434. The summed E-state index contributed by atoms with van der Waals surface area (Å²) < 4.78 is 0. The van der Waals surface area contributed by atoms with Crippen LogP contribution in [0, 0.1) is 0 Å². The summed E-state index contributed by atoms with van der Waals surface area (Å²) in [5.74, 6) is 0.